The summed E-state index contributed by atoms with van der Waals surface area (Å²) in [7, 11) is 3.48. The molecule has 0 unspecified atom stereocenters. The number of aromatic nitrogens is 5. The van der Waals surface area contributed by atoms with Gasteiger partial charge in [-0.1, -0.05) is 6.92 Å². The summed E-state index contributed by atoms with van der Waals surface area (Å²) in [5, 5.41) is 8.09. The number of anilines is 3. The van der Waals surface area contributed by atoms with Crippen LogP contribution in [0.1, 0.15) is 57.2 Å². The van der Waals surface area contributed by atoms with E-state index in [2.05, 4.69) is 39.0 Å². The second-order valence-electron chi connectivity index (χ2n) is 11.1. The third-order valence-corrected chi connectivity index (χ3v) is 8.88. The second kappa shape index (κ2) is 9.83. The summed E-state index contributed by atoms with van der Waals surface area (Å²) in [6.45, 7) is 3.90. The highest BCUT2D eigenvalue weighted by Crippen LogP contribution is 2.48. The predicted molar refractivity (Wildman–Crippen MR) is 143 cm³/mol. The molecule has 2 aliphatic heterocycles. The van der Waals surface area contributed by atoms with Gasteiger partial charge in [0.2, 0.25) is 11.9 Å². The summed E-state index contributed by atoms with van der Waals surface area (Å²) >= 11 is 0. The molecular formula is C27H37FN8O2. The summed E-state index contributed by atoms with van der Waals surface area (Å²) in [6, 6.07) is 4.21. The molecule has 11 heteroatoms. The van der Waals surface area contributed by atoms with Crippen molar-refractivity contribution in [3.8, 4) is 0 Å². The van der Waals surface area contributed by atoms with Crippen LogP contribution in [0.4, 0.5) is 22.0 Å². The average molecular weight is 525 g/mol. The molecule has 1 N–H and O–H groups in total. The molecule has 0 aromatic carbocycles. The molecule has 38 heavy (non-hydrogen) atoms. The van der Waals surface area contributed by atoms with E-state index < -0.39 is 6.17 Å². The Bertz CT molecular complexity index is 1310. The third kappa shape index (κ3) is 4.30. The van der Waals surface area contributed by atoms with Crippen LogP contribution in [0.2, 0.25) is 0 Å². The molecule has 1 saturated carbocycles. The summed E-state index contributed by atoms with van der Waals surface area (Å²) in [5.74, 6) is 2.14. The smallest absolute Gasteiger partial charge is 0.228 e. The van der Waals surface area contributed by atoms with E-state index in [1.165, 1.54) is 5.69 Å². The molecule has 1 aliphatic carbocycles. The SMILES string of the molecule is CCc1cn2nc(Nc3ccnc(N4CC[C@@H](OC)[C@@H](F)C4)n3)cc2n1C1CCC2(CC1)CCN(C)C2=O. The minimum Gasteiger partial charge on any atom is -0.378 e. The molecule has 204 valence electrons. The van der Waals surface area contributed by atoms with Gasteiger partial charge in [0.1, 0.15) is 17.6 Å². The summed E-state index contributed by atoms with van der Waals surface area (Å²) < 4.78 is 24.0. The van der Waals surface area contributed by atoms with Gasteiger partial charge in [0.25, 0.3) is 0 Å². The Morgan fingerprint density at radius 1 is 1.18 bits per heavy atom. The number of carbonyl (C=O) groups excluding carboxylic acids is 1. The molecule has 3 aliphatic rings. The molecule has 3 fully saturated rings. The lowest BCUT2D eigenvalue weighted by Crippen LogP contribution is -2.46. The van der Waals surface area contributed by atoms with Crippen molar-refractivity contribution in [2.45, 2.75) is 70.2 Å². The van der Waals surface area contributed by atoms with Gasteiger partial charge in [0, 0.05) is 51.2 Å². The Kier molecular flexibility index (Phi) is 6.49. The highest BCUT2D eigenvalue weighted by Gasteiger charge is 2.47. The van der Waals surface area contributed by atoms with Crippen LogP contribution < -0.4 is 10.2 Å². The monoisotopic (exact) mass is 524 g/mol. The van der Waals surface area contributed by atoms with Gasteiger partial charge < -0.3 is 24.4 Å². The molecule has 0 radical (unpaired) electrons. The summed E-state index contributed by atoms with van der Waals surface area (Å²) in [4.78, 5) is 25.6. The molecule has 3 aromatic heterocycles. The number of halogens is 1. The third-order valence-electron chi connectivity index (χ3n) is 8.88. The van der Waals surface area contributed by atoms with Crippen molar-refractivity contribution in [2.24, 2.45) is 5.41 Å². The van der Waals surface area contributed by atoms with Crippen molar-refractivity contribution >= 4 is 29.1 Å². The first-order valence-corrected chi connectivity index (χ1v) is 13.8. The van der Waals surface area contributed by atoms with E-state index >= 15 is 0 Å². The number of piperidine rings is 1. The predicted octanol–water partition coefficient (Wildman–Crippen LogP) is 3.76. The quantitative estimate of drug-likeness (QED) is 0.525. The lowest BCUT2D eigenvalue weighted by atomic mass is 9.71. The van der Waals surface area contributed by atoms with Crippen molar-refractivity contribution in [3.05, 3.63) is 30.2 Å². The maximum absolute atomic E-state index is 14.4. The standard InChI is InChI=1S/C27H37FN8O2/c1-4-18-16-35-24(36(18)19-5-9-27(10-6-19)11-14-33(2)25(27)37)15-23(32-35)30-22-7-12-29-26(31-22)34-13-8-21(38-3)20(28)17-34/h7,12,15-16,19-21H,4-6,8-11,13-14,17H2,1-3H3,(H,29,30,31,32)/t19?,20-,21+,27?/m0/s1. The van der Waals surface area contributed by atoms with Gasteiger partial charge in [-0.2, -0.15) is 4.98 Å². The first kappa shape index (κ1) is 25.1. The fourth-order valence-corrected chi connectivity index (χ4v) is 6.66. The Morgan fingerprint density at radius 2 is 2.00 bits per heavy atom. The Labute approximate surface area is 222 Å². The number of hydrogen-bond acceptors (Lipinski definition) is 7. The molecular weight excluding hydrogens is 487 g/mol. The van der Waals surface area contributed by atoms with E-state index in [4.69, 9.17) is 9.84 Å². The van der Waals surface area contributed by atoms with Crippen molar-refractivity contribution in [1.29, 1.82) is 0 Å². The van der Waals surface area contributed by atoms with Crippen LogP contribution in [0.15, 0.2) is 24.5 Å². The number of nitrogens with one attached hydrogen (secondary N) is 1. The second-order valence-corrected chi connectivity index (χ2v) is 11.1. The highest BCUT2D eigenvalue weighted by molar-refractivity contribution is 5.84. The normalized spacial score (nSPS) is 28.1. The number of hydrogen-bond donors (Lipinski definition) is 1. The van der Waals surface area contributed by atoms with E-state index in [1.54, 1.807) is 19.4 Å². The van der Waals surface area contributed by atoms with Crippen molar-refractivity contribution in [3.63, 3.8) is 0 Å². The maximum Gasteiger partial charge on any atom is 0.228 e. The van der Waals surface area contributed by atoms with Crippen LogP contribution in [-0.2, 0) is 16.0 Å². The minimum absolute atomic E-state index is 0.153. The zero-order valence-corrected chi connectivity index (χ0v) is 22.4. The van der Waals surface area contributed by atoms with Gasteiger partial charge in [-0.15, -0.1) is 5.10 Å². The van der Waals surface area contributed by atoms with Crippen molar-refractivity contribution in [1.82, 2.24) is 29.0 Å². The number of ether oxygens (including phenoxy) is 1. The number of methoxy groups -OCH3 is 1. The van der Waals surface area contributed by atoms with Gasteiger partial charge >= 0.3 is 0 Å². The van der Waals surface area contributed by atoms with E-state index in [9.17, 15) is 9.18 Å². The largest absolute Gasteiger partial charge is 0.378 e. The Balaban J connectivity index is 1.19. The fourth-order valence-electron chi connectivity index (χ4n) is 6.66. The van der Waals surface area contributed by atoms with Crippen LogP contribution in [-0.4, -0.2) is 81.0 Å². The van der Waals surface area contributed by atoms with Crippen LogP contribution in [0, 0.1) is 5.41 Å². The molecule has 1 amide bonds. The van der Waals surface area contributed by atoms with Crippen molar-refractivity contribution < 1.29 is 13.9 Å². The summed E-state index contributed by atoms with van der Waals surface area (Å²) in [5.41, 5.74) is 2.13. The molecule has 5 heterocycles. The number of aryl methyl sites for hydroxylation is 1. The van der Waals surface area contributed by atoms with Crippen LogP contribution in [0.3, 0.4) is 0 Å². The maximum atomic E-state index is 14.4. The van der Waals surface area contributed by atoms with Crippen molar-refractivity contribution in [2.75, 3.05) is 44.0 Å². The molecule has 2 saturated heterocycles. The zero-order chi connectivity index (χ0) is 26.4. The zero-order valence-electron chi connectivity index (χ0n) is 22.4. The first-order valence-electron chi connectivity index (χ1n) is 13.8. The van der Waals surface area contributed by atoms with E-state index in [1.807, 2.05) is 21.4 Å². The number of likely N-dealkylation sites (tertiary alicyclic amines) is 1. The van der Waals surface area contributed by atoms with Gasteiger partial charge in [-0.3, -0.25) is 4.79 Å². The lowest BCUT2D eigenvalue weighted by Gasteiger charge is -2.36. The van der Waals surface area contributed by atoms with E-state index in [0.29, 0.717) is 42.5 Å². The number of carbonyl (C=O) groups is 1. The van der Waals surface area contributed by atoms with Gasteiger partial charge in [-0.25, -0.2) is 13.9 Å². The number of amides is 1. The molecule has 6 rings (SSSR count). The number of alkyl halides is 1. The molecule has 10 nitrogen and oxygen atoms in total. The Morgan fingerprint density at radius 3 is 2.68 bits per heavy atom. The van der Waals surface area contributed by atoms with Crippen LogP contribution in [0.25, 0.3) is 5.65 Å². The minimum atomic E-state index is -1.07. The lowest BCUT2D eigenvalue weighted by molar-refractivity contribution is -0.136. The molecule has 2 atom stereocenters. The summed E-state index contributed by atoms with van der Waals surface area (Å²) in [6.07, 6.45) is 8.72. The first-order chi connectivity index (χ1) is 18.4. The molecule has 1 spiro atoms. The van der Waals surface area contributed by atoms with Gasteiger partial charge in [0.15, 0.2) is 5.82 Å². The Hall–Kier alpha value is -3.21. The van der Waals surface area contributed by atoms with Gasteiger partial charge in [-0.05, 0) is 51.0 Å². The van der Waals surface area contributed by atoms with Crippen LogP contribution in [0.5, 0.6) is 0 Å². The number of rotatable bonds is 6. The molecule has 3 aromatic rings. The van der Waals surface area contributed by atoms with E-state index in [-0.39, 0.29) is 18.1 Å². The van der Waals surface area contributed by atoms with Crippen LogP contribution >= 0.6 is 0 Å². The number of imidazole rings is 1. The molecule has 0 bridgehead atoms. The number of fused-ring (bicyclic) bond motifs is 1. The topological polar surface area (TPSA) is 92.8 Å². The van der Waals surface area contributed by atoms with E-state index in [0.717, 1.165) is 50.7 Å². The average Bonchev–Trinajstić information content (AvgIpc) is 3.56. The van der Waals surface area contributed by atoms with Gasteiger partial charge in [0.05, 0.1) is 24.3 Å². The highest BCUT2D eigenvalue weighted by atomic mass is 19.1. The fraction of sp³-hybridized carbons (Fsp3) is 0.630. The number of nitrogens with zero attached hydrogens (tertiary/aromatic N) is 7.